The maximum absolute atomic E-state index is 6.13. The van der Waals surface area contributed by atoms with Crippen molar-refractivity contribution in [3.05, 3.63) is 21.9 Å². The molecule has 1 aromatic heterocycles. The Labute approximate surface area is 166 Å². The number of hydrogen-bond donors (Lipinski definition) is 2. The summed E-state index contributed by atoms with van der Waals surface area (Å²) in [6.07, 6.45) is 1.15. The van der Waals surface area contributed by atoms with Crippen LogP contribution in [0, 0.1) is 5.92 Å². The number of nitrogens with zero attached hydrogens (tertiary/aromatic N) is 3. The van der Waals surface area contributed by atoms with Crippen molar-refractivity contribution >= 4 is 29.2 Å². The van der Waals surface area contributed by atoms with E-state index in [9.17, 15) is 0 Å². The van der Waals surface area contributed by atoms with Gasteiger partial charge in [0.2, 0.25) is 0 Å². The van der Waals surface area contributed by atoms with Crippen molar-refractivity contribution in [2.45, 2.75) is 32.9 Å². The predicted molar refractivity (Wildman–Crippen MR) is 109 cm³/mol. The Hall–Kier alpha value is -0.950. The first-order valence-electron chi connectivity index (χ1n) is 9.18. The Morgan fingerprint density at radius 2 is 1.96 bits per heavy atom. The predicted octanol–water partition coefficient (Wildman–Crippen LogP) is 2.74. The summed E-state index contributed by atoms with van der Waals surface area (Å²) in [6.45, 7) is 9.61. The molecule has 1 aliphatic heterocycles. The van der Waals surface area contributed by atoms with E-state index in [1.54, 1.807) is 7.05 Å². The molecule has 0 amide bonds. The van der Waals surface area contributed by atoms with Crippen molar-refractivity contribution in [1.29, 1.82) is 0 Å². The quantitative estimate of drug-likeness (QED) is 0.542. The third-order valence-electron chi connectivity index (χ3n) is 4.69. The van der Waals surface area contributed by atoms with Crippen molar-refractivity contribution in [2.24, 2.45) is 18.0 Å². The zero-order chi connectivity index (χ0) is 19.1. The first-order valence-corrected chi connectivity index (χ1v) is 9.93. The maximum atomic E-state index is 6.13. The molecular weight excluding hydrogens is 373 g/mol. The van der Waals surface area contributed by atoms with Crippen LogP contribution < -0.4 is 10.6 Å². The van der Waals surface area contributed by atoms with Gasteiger partial charge < -0.3 is 19.9 Å². The fraction of sp³-hybridized carbons (Fsp3) is 0.722. The summed E-state index contributed by atoms with van der Waals surface area (Å²) in [4.78, 5) is 6.85. The molecule has 1 aliphatic rings. The van der Waals surface area contributed by atoms with Crippen molar-refractivity contribution in [3.63, 3.8) is 0 Å². The summed E-state index contributed by atoms with van der Waals surface area (Å²) in [7, 11) is 3.69. The first-order chi connectivity index (χ1) is 12.4. The maximum Gasteiger partial charge on any atom is 0.191 e. The van der Waals surface area contributed by atoms with Crippen LogP contribution in [0.25, 0.3) is 0 Å². The smallest absolute Gasteiger partial charge is 0.191 e. The highest BCUT2D eigenvalue weighted by molar-refractivity contribution is 6.41. The van der Waals surface area contributed by atoms with E-state index in [0.29, 0.717) is 28.7 Å². The molecule has 26 heavy (non-hydrogen) atoms. The second-order valence-corrected chi connectivity index (χ2v) is 7.84. The van der Waals surface area contributed by atoms with Crippen molar-refractivity contribution < 1.29 is 4.74 Å². The normalized spacial score (nSPS) is 17.6. The third-order valence-corrected chi connectivity index (χ3v) is 5.53. The van der Waals surface area contributed by atoms with Crippen molar-refractivity contribution in [2.75, 3.05) is 39.9 Å². The van der Waals surface area contributed by atoms with Gasteiger partial charge in [-0.15, -0.1) is 0 Å². The van der Waals surface area contributed by atoms with E-state index >= 15 is 0 Å². The molecule has 1 aromatic rings. The molecule has 2 N–H and O–H groups in total. The summed E-state index contributed by atoms with van der Waals surface area (Å²) in [5.41, 5.74) is 1.01. The molecule has 0 aliphatic carbocycles. The number of ether oxygens (including phenoxy) is 1. The van der Waals surface area contributed by atoms with Crippen LogP contribution in [0.15, 0.2) is 11.1 Å². The van der Waals surface area contributed by atoms with E-state index in [0.717, 1.165) is 50.9 Å². The lowest BCUT2D eigenvalue weighted by Gasteiger charge is -2.35. The molecule has 6 nitrogen and oxygen atoms in total. The van der Waals surface area contributed by atoms with Gasteiger partial charge in [0, 0.05) is 45.5 Å². The van der Waals surface area contributed by atoms with Gasteiger partial charge in [0.1, 0.15) is 5.15 Å². The largest absolute Gasteiger partial charge is 0.379 e. The summed E-state index contributed by atoms with van der Waals surface area (Å²) in [6, 6.07) is 2.34. The van der Waals surface area contributed by atoms with Gasteiger partial charge in [-0.05, 0) is 18.4 Å². The summed E-state index contributed by atoms with van der Waals surface area (Å²) < 4.78 is 7.36. The van der Waals surface area contributed by atoms with Gasteiger partial charge in [-0.1, -0.05) is 37.0 Å². The molecule has 2 rings (SSSR count). The fourth-order valence-electron chi connectivity index (χ4n) is 3.22. The molecule has 1 unspecified atom stereocenters. The minimum atomic E-state index is 0.469. The third kappa shape index (κ3) is 6.05. The number of aliphatic imine (C=N–C) groups is 1. The molecule has 8 heteroatoms. The lowest BCUT2D eigenvalue weighted by molar-refractivity contribution is 0.0132. The molecule has 148 valence electrons. The Bertz CT molecular complexity index is 597. The van der Waals surface area contributed by atoms with Crippen LogP contribution in [0.1, 0.15) is 26.0 Å². The van der Waals surface area contributed by atoms with Crippen LogP contribution in [0.4, 0.5) is 0 Å². The number of aromatic nitrogens is 1. The topological polar surface area (TPSA) is 53.8 Å². The van der Waals surface area contributed by atoms with Crippen LogP contribution in [-0.2, 0) is 18.3 Å². The molecule has 0 aromatic carbocycles. The van der Waals surface area contributed by atoms with Gasteiger partial charge in [0.25, 0.3) is 0 Å². The Morgan fingerprint density at radius 3 is 2.50 bits per heavy atom. The van der Waals surface area contributed by atoms with Gasteiger partial charge in [-0.2, -0.15) is 0 Å². The van der Waals surface area contributed by atoms with Crippen molar-refractivity contribution in [3.8, 4) is 0 Å². The second kappa shape index (κ2) is 10.4. The van der Waals surface area contributed by atoms with E-state index in [4.69, 9.17) is 27.9 Å². The molecule has 2 heterocycles. The monoisotopic (exact) mass is 403 g/mol. The summed E-state index contributed by atoms with van der Waals surface area (Å²) in [5.74, 6) is 1.42. The van der Waals surface area contributed by atoms with Crippen LogP contribution in [0.3, 0.4) is 0 Å². The number of halogens is 2. The van der Waals surface area contributed by atoms with E-state index in [1.165, 1.54) is 0 Å². The number of morpholine rings is 1. The highest BCUT2D eigenvalue weighted by Gasteiger charge is 2.22. The summed E-state index contributed by atoms with van der Waals surface area (Å²) >= 11 is 12.2. The highest BCUT2D eigenvalue weighted by atomic mass is 35.5. The molecular formula is C18H31Cl2N5O. The van der Waals surface area contributed by atoms with E-state index < -0.39 is 0 Å². The molecule has 1 fully saturated rings. The molecule has 1 atom stereocenters. The first kappa shape index (κ1) is 21.4. The number of nitrogens with one attached hydrogen (secondary N) is 2. The Balaban J connectivity index is 1.89. The number of hydrogen-bond acceptors (Lipinski definition) is 3. The van der Waals surface area contributed by atoms with Gasteiger partial charge in [-0.25, -0.2) is 0 Å². The van der Waals surface area contributed by atoms with Gasteiger partial charge in [-0.3, -0.25) is 9.89 Å². The molecule has 0 radical (unpaired) electrons. The fourth-order valence-corrected chi connectivity index (χ4v) is 3.63. The minimum Gasteiger partial charge on any atom is -0.379 e. The summed E-state index contributed by atoms with van der Waals surface area (Å²) in [5, 5.41) is 7.92. The number of guanidine groups is 1. The van der Waals surface area contributed by atoms with E-state index in [-0.39, 0.29) is 0 Å². The average molecular weight is 404 g/mol. The van der Waals surface area contributed by atoms with Gasteiger partial charge in [0.05, 0.1) is 24.8 Å². The standard InChI is InChI=1S/C18H31Cl2N5O/c1-13(2)9-15(25-5-7-26-8-6-25)12-23-18(21-3)22-11-14-10-16(19)17(20)24(14)4/h10,13,15H,5-9,11-12H2,1-4H3,(H2,21,22,23). The lowest BCUT2D eigenvalue weighted by atomic mass is 10.0. The van der Waals surface area contributed by atoms with Gasteiger partial charge in [0.15, 0.2) is 5.96 Å². The number of rotatable bonds is 7. The molecule has 0 saturated carbocycles. The zero-order valence-corrected chi connectivity index (χ0v) is 17.7. The van der Waals surface area contributed by atoms with Crippen LogP contribution >= 0.6 is 23.2 Å². The Morgan fingerprint density at radius 1 is 1.27 bits per heavy atom. The van der Waals surface area contributed by atoms with Gasteiger partial charge >= 0.3 is 0 Å². The minimum absolute atomic E-state index is 0.469. The van der Waals surface area contributed by atoms with Crippen LogP contribution in [0.2, 0.25) is 10.2 Å². The molecule has 0 bridgehead atoms. The van der Waals surface area contributed by atoms with Crippen LogP contribution in [-0.4, -0.2) is 61.4 Å². The Kier molecular flexibility index (Phi) is 8.54. The average Bonchev–Trinajstić information content (AvgIpc) is 2.88. The highest BCUT2D eigenvalue weighted by Crippen LogP contribution is 2.24. The van der Waals surface area contributed by atoms with Crippen LogP contribution in [0.5, 0.6) is 0 Å². The van der Waals surface area contributed by atoms with E-state index in [1.807, 2.05) is 17.7 Å². The van der Waals surface area contributed by atoms with E-state index in [2.05, 4.69) is 34.4 Å². The molecule has 1 saturated heterocycles. The second-order valence-electron chi connectivity index (χ2n) is 7.07. The lowest BCUT2D eigenvalue weighted by Crippen LogP contribution is -2.51. The SMILES string of the molecule is CN=C(NCc1cc(Cl)c(Cl)n1C)NCC(CC(C)C)N1CCOCC1. The zero-order valence-electron chi connectivity index (χ0n) is 16.2. The van der Waals surface area contributed by atoms with Crippen molar-refractivity contribution in [1.82, 2.24) is 20.1 Å². The molecule has 0 spiro atoms.